The summed E-state index contributed by atoms with van der Waals surface area (Å²) in [4.78, 5) is 11.9. The lowest BCUT2D eigenvalue weighted by molar-refractivity contribution is -0.119. The Morgan fingerprint density at radius 1 is 1.39 bits per heavy atom. The highest BCUT2D eigenvalue weighted by molar-refractivity contribution is 5.94. The maximum Gasteiger partial charge on any atom is 0.228 e. The number of amides is 1. The van der Waals surface area contributed by atoms with Gasteiger partial charge in [0, 0.05) is 6.04 Å². The number of hydrogen-bond acceptors (Lipinski definition) is 3. The molecule has 2 unspecified atom stereocenters. The summed E-state index contributed by atoms with van der Waals surface area (Å²) in [5.74, 6) is 0.324. The van der Waals surface area contributed by atoms with Gasteiger partial charge in [-0.1, -0.05) is 13.0 Å². The van der Waals surface area contributed by atoms with E-state index in [4.69, 9.17) is 10.5 Å². The van der Waals surface area contributed by atoms with Gasteiger partial charge in [0.1, 0.15) is 5.75 Å². The maximum absolute atomic E-state index is 11.9. The second kappa shape index (κ2) is 7.24. The molecule has 18 heavy (non-hydrogen) atoms. The molecule has 102 valence electrons. The normalized spacial score (nSPS) is 13.2. The Morgan fingerprint density at radius 3 is 2.50 bits per heavy atom. The summed E-state index contributed by atoms with van der Waals surface area (Å²) < 4.78 is 5.20. The highest BCUT2D eigenvalue weighted by Gasteiger charge is 2.18. The predicted octanol–water partition coefficient (Wildman–Crippen LogP) is 2.35. The Kier molecular flexibility index (Phi) is 6.73. The van der Waals surface area contributed by atoms with Crippen molar-refractivity contribution in [2.75, 3.05) is 12.4 Å². The standard InChI is InChI=1S/C13H20N2O2.ClH/c1-8-5-6-12(17-4)11(7-8)15-13(16)9(2)10(3)14;/h5-7,9-10H,14H2,1-4H3,(H,15,16);1H. The molecule has 5 heteroatoms. The number of rotatable bonds is 4. The molecule has 0 saturated carbocycles. The lowest BCUT2D eigenvalue weighted by Gasteiger charge is -2.17. The molecule has 0 aliphatic rings. The number of hydrogen-bond donors (Lipinski definition) is 2. The van der Waals surface area contributed by atoms with Gasteiger partial charge in [-0.15, -0.1) is 12.4 Å². The average Bonchev–Trinajstić information content (AvgIpc) is 2.28. The molecular weight excluding hydrogens is 252 g/mol. The van der Waals surface area contributed by atoms with Crippen LogP contribution in [-0.2, 0) is 4.79 Å². The van der Waals surface area contributed by atoms with E-state index in [1.54, 1.807) is 7.11 Å². The number of carbonyl (C=O) groups is 1. The molecule has 3 N–H and O–H groups in total. The average molecular weight is 273 g/mol. The second-order valence-electron chi connectivity index (χ2n) is 4.34. The lowest BCUT2D eigenvalue weighted by Crippen LogP contribution is -2.34. The fourth-order valence-corrected chi connectivity index (χ4v) is 1.40. The van der Waals surface area contributed by atoms with E-state index < -0.39 is 0 Å². The molecule has 0 radical (unpaired) electrons. The third-order valence-corrected chi connectivity index (χ3v) is 2.82. The van der Waals surface area contributed by atoms with E-state index in [0.29, 0.717) is 11.4 Å². The molecule has 1 aromatic rings. The van der Waals surface area contributed by atoms with E-state index in [9.17, 15) is 4.79 Å². The first-order valence-corrected chi connectivity index (χ1v) is 5.66. The smallest absolute Gasteiger partial charge is 0.228 e. The Labute approximate surface area is 114 Å². The van der Waals surface area contributed by atoms with Crippen molar-refractivity contribution in [3.63, 3.8) is 0 Å². The summed E-state index contributed by atoms with van der Waals surface area (Å²) in [5, 5.41) is 2.84. The van der Waals surface area contributed by atoms with Crippen LogP contribution in [0.5, 0.6) is 5.75 Å². The van der Waals surface area contributed by atoms with Crippen LogP contribution in [0.1, 0.15) is 19.4 Å². The summed E-state index contributed by atoms with van der Waals surface area (Å²) in [6, 6.07) is 5.47. The fourth-order valence-electron chi connectivity index (χ4n) is 1.40. The van der Waals surface area contributed by atoms with E-state index in [1.165, 1.54) is 0 Å². The van der Waals surface area contributed by atoms with Gasteiger partial charge in [-0.25, -0.2) is 0 Å². The quantitative estimate of drug-likeness (QED) is 0.884. The van der Waals surface area contributed by atoms with Gasteiger partial charge in [-0.3, -0.25) is 4.79 Å². The van der Waals surface area contributed by atoms with Crippen LogP contribution >= 0.6 is 12.4 Å². The zero-order chi connectivity index (χ0) is 13.0. The van der Waals surface area contributed by atoms with Crippen molar-refractivity contribution in [2.24, 2.45) is 11.7 Å². The number of halogens is 1. The minimum absolute atomic E-state index is 0. The molecule has 0 heterocycles. The van der Waals surface area contributed by atoms with Crippen molar-refractivity contribution < 1.29 is 9.53 Å². The van der Waals surface area contributed by atoms with Crippen LogP contribution < -0.4 is 15.8 Å². The summed E-state index contributed by atoms with van der Waals surface area (Å²) in [6.07, 6.45) is 0. The van der Waals surface area contributed by atoms with Crippen molar-refractivity contribution in [1.29, 1.82) is 0 Å². The summed E-state index contributed by atoms with van der Waals surface area (Å²) in [7, 11) is 1.58. The number of anilines is 1. The Balaban J connectivity index is 0.00000289. The summed E-state index contributed by atoms with van der Waals surface area (Å²) in [5.41, 5.74) is 7.45. The molecule has 4 nitrogen and oxygen atoms in total. The van der Waals surface area contributed by atoms with Crippen molar-refractivity contribution in [3.05, 3.63) is 23.8 Å². The predicted molar refractivity (Wildman–Crippen MR) is 76.4 cm³/mol. The van der Waals surface area contributed by atoms with Crippen LogP contribution in [0.25, 0.3) is 0 Å². The van der Waals surface area contributed by atoms with Gasteiger partial charge in [-0.2, -0.15) is 0 Å². The molecule has 0 fully saturated rings. The van der Waals surface area contributed by atoms with E-state index in [2.05, 4.69) is 5.32 Å². The van der Waals surface area contributed by atoms with E-state index >= 15 is 0 Å². The largest absolute Gasteiger partial charge is 0.495 e. The van der Waals surface area contributed by atoms with Crippen LogP contribution in [-0.4, -0.2) is 19.1 Å². The van der Waals surface area contributed by atoms with Crippen molar-refractivity contribution in [3.8, 4) is 5.75 Å². The Hall–Kier alpha value is -1.26. The van der Waals surface area contributed by atoms with Crippen molar-refractivity contribution in [1.82, 2.24) is 0 Å². The van der Waals surface area contributed by atoms with Crippen LogP contribution in [0.3, 0.4) is 0 Å². The third-order valence-electron chi connectivity index (χ3n) is 2.82. The van der Waals surface area contributed by atoms with E-state index in [1.807, 2.05) is 39.0 Å². The van der Waals surface area contributed by atoms with Gasteiger partial charge in [0.05, 0.1) is 18.7 Å². The molecule has 0 aliphatic carbocycles. The fraction of sp³-hybridized carbons (Fsp3) is 0.462. The van der Waals surface area contributed by atoms with Gasteiger partial charge in [-0.05, 0) is 31.5 Å². The minimum Gasteiger partial charge on any atom is -0.495 e. The van der Waals surface area contributed by atoms with Gasteiger partial charge >= 0.3 is 0 Å². The molecule has 2 atom stereocenters. The Morgan fingerprint density at radius 2 is 2.00 bits per heavy atom. The molecule has 0 spiro atoms. The lowest BCUT2D eigenvalue weighted by atomic mass is 10.0. The first kappa shape index (κ1) is 16.7. The summed E-state index contributed by atoms with van der Waals surface area (Å²) >= 11 is 0. The molecule has 0 aliphatic heterocycles. The van der Waals surface area contributed by atoms with E-state index in [0.717, 1.165) is 5.56 Å². The van der Waals surface area contributed by atoms with Gasteiger partial charge in [0.15, 0.2) is 0 Å². The van der Waals surface area contributed by atoms with Crippen molar-refractivity contribution in [2.45, 2.75) is 26.8 Å². The highest BCUT2D eigenvalue weighted by Crippen LogP contribution is 2.25. The SMILES string of the molecule is COc1ccc(C)cc1NC(=O)C(C)C(C)N.Cl. The first-order valence-electron chi connectivity index (χ1n) is 5.66. The number of methoxy groups -OCH3 is 1. The summed E-state index contributed by atoms with van der Waals surface area (Å²) in [6.45, 7) is 5.59. The zero-order valence-electron chi connectivity index (χ0n) is 11.2. The van der Waals surface area contributed by atoms with Crippen LogP contribution in [0.15, 0.2) is 18.2 Å². The van der Waals surface area contributed by atoms with Gasteiger partial charge < -0.3 is 15.8 Å². The molecule has 1 aromatic carbocycles. The zero-order valence-corrected chi connectivity index (χ0v) is 12.0. The van der Waals surface area contributed by atoms with Gasteiger partial charge in [0.25, 0.3) is 0 Å². The number of benzene rings is 1. The van der Waals surface area contributed by atoms with Gasteiger partial charge in [0.2, 0.25) is 5.91 Å². The van der Waals surface area contributed by atoms with E-state index in [-0.39, 0.29) is 30.3 Å². The topological polar surface area (TPSA) is 64.3 Å². The number of ether oxygens (including phenoxy) is 1. The second-order valence-corrected chi connectivity index (χ2v) is 4.34. The number of carbonyl (C=O) groups excluding carboxylic acids is 1. The minimum atomic E-state index is -0.236. The Bertz CT molecular complexity index is 408. The molecule has 0 bridgehead atoms. The van der Waals surface area contributed by atoms with Crippen LogP contribution in [0.4, 0.5) is 5.69 Å². The number of nitrogens with two attached hydrogens (primary N) is 1. The van der Waals surface area contributed by atoms with Crippen LogP contribution in [0, 0.1) is 12.8 Å². The molecule has 1 rings (SSSR count). The first-order chi connectivity index (χ1) is 7.95. The van der Waals surface area contributed by atoms with Crippen molar-refractivity contribution >= 4 is 24.0 Å². The maximum atomic E-state index is 11.9. The highest BCUT2D eigenvalue weighted by atomic mass is 35.5. The molecule has 0 aromatic heterocycles. The number of aryl methyl sites for hydroxylation is 1. The van der Waals surface area contributed by atoms with Crippen LogP contribution in [0.2, 0.25) is 0 Å². The monoisotopic (exact) mass is 272 g/mol. The number of nitrogens with one attached hydrogen (secondary N) is 1. The molecule has 0 saturated heterocycles. The molecule has 1 amide bonds. The third kappa shape index (κ3) is 4.20. The molecular formula is C13H21ClN2O2.